The van der Waals surface area contributed by atoms with Crippen LogP contribution in [0.5, 0.6) is 0 Å². The Morgan fingerprint density at radius 3 is 2.93 bits per heavy atom. The van der Waals surface area contributed by atoms with Crippen molar-refractivity contribution in [2.24, 2.45) is 16.8 Å². The van der Waals surface area contributed by atoms with E-state index in [1.807, 2.05) is 0 Å². The summed E-state index contributed by atoms with van der Waals surface area (Å²) in [5.41, 5.74) is 0. The maximum atomic E-state index is 4.53. The molecule has 2 aliphatic rings. The Morgan fingerprint density at radius 1 is 1.43 bits per heavy atom. The maximum absolute atomic E-state index is 4.53. The van der Waals surface area contributed by atoms with E-state index in [0.717, 1.165) is 24.4 Å². The first kappa shape index (κ1) is 10.0. The second kappa shape index (κ2) is 4.33. The molecule has 2 atom stereocenters. The number of hydrogen-bond donors (Lipinski definition) is 1. The van der Waals surface area contributed by atoms with Crippen LogP contribution in [0.3, 0.4) is 0 Å². The van der Waals surface area contributed by atoms with Crippen molar-refractivity contribution in [3.05, 3.63) is 0 Å². The molecule has 0 aromatic carbocycles. The van der Waals surface area contributed by atoms with Crippen molar-refractivity contribution in [1.82, 2.24) is 5.32 Å². The summed E-state index contributed by atoms with van der Waals surface area (Å²) in [6.07, 6.45) is 6.55. The molecule has 1 aliphatic carbocycles. The van der Waals surface area contributed by atoms with Crippen molar-refractivity contribution in [2.45, 2.75) is 52.0 Å². The molecule has 0 spiro atoms. The smallest absolute Gasteiger partial charge is 0.0965 e. The van der Waals surface area contributed by atoms with Crippen molar-refractivity contribution in [3.63, 3.8) is 0 Å². The van der Waals surface area contributed by atoms with Crippen molar-refractivity contribution in [3.8, 4) is 0 Å². The predicted octanol–water partition coefficient (Wildman–Crippen LogP) is 2.59. The molecule has 0 aromatic heterocycles. The molecule has 80 valence electrons. The van der Waals surface area contributed by atoms with Crippen LogP contribution in [-0.2, 0) is 0 Å². The summed E-state index contributed by atoms with van der Waals surface area (Å²) in [4.78, 5) is 4.53. The van der Waals surface area contributed by atoms with Crippen LogP contribution < -0.4 is 5.32 Å². The normalized spacial score (nSPS) is 31.5. The summed E-state index contributed by atoms with van der Waals surface area (Å²) < 4.78 is 0. The van der Waals surface area contributed by atoms with Crippen LogP contribution in [0.4, 0.5) is 0 Å². The van der Waals surface area contributed by atoms with Crippen molar-refractivity contribution < 1.29 is 0 Å². The van der Waals surface area contributed by atoms with E-state index in [1.165, 1.54) is 37.9 Å². The lowest BCUT2D eigenvalue weighted by molar-refractivity contribution is 0.523. The molecular formula is C12H22N2. The van der Waals surface area contributed by atoms with Gasteiger partial charge in [-0.25, -0.2) is 0 Å². The Balaban J connectivity index is 1.70. The highest BCUT2D eigenvalue weighted by Crippen LogP contribution is 2.36. The molecule has 0 radical (unpaired) electrons. The fourth-order valence-electron chi connectivity index (χ4n) is 2.32. The third-order valence-electron chi connectivity index (χ3n) is 3.17. The van der Waals surface area contributed by atoms with Crippen molar-refractivity contribution in [1.29, 1.82) is 0 Å². The van der Waals surface area contributed by atoms with E-state index in [-0.39, 0.29) is 0 Å². The lowest BCUT2D eigenvalue weighted by atomic mass is 10.1. The zero-order chi connectivity index (χ0) is 9.97. The lowest BCUT2D eigenvalue weighted by Gasteiger charge is -2.14. The average molecular weight is 194 g/mol. The highest BCUT2D eigenvalue weighted by Gasteiger charge is 2.37. The molecule has 0 amide bonds. The fourth-order valence-corrected chi connectivity index (χ4v) is 2.32. The van der Waals surface area contributed by atoms with Crippen molar-refractivity contribution >= 4 is 5.84 Å². The second-order valence-electron chi connectivity index (χ2n) is 5.16. The number of hydrogen-bond acceptors (Lipinski definition) is 2. The van der Waals surface area contributed by atoms with Gasteiger partial charge in [0.1, 0.15) is 0 Å². The first-order chi connectivity index (χ1) is 6.75. The van der Waals surface area contributed by atoms with E-state index in [1.54, 1.807) is 0 Å². The monoisotopic (exact) mass is 194 g/mol. The summed E-state index contributed by atoms with van der Waals surface area (Å²) in [7, 11) is 0. The number of nitrogens with one attached hydrogen (secondary N) is 1. The van der Waals surface area contributed by atoms with Gasteiger partial charge < -0.3 is 5.32 Å². The van der Waals surface area contributed by atoms with Gasteiger partial charge in [0.05, 0.1) is 5.84 Å². The van der Waals surface area contributed by atoms with E-state index in [0.29, 0.717) is 0 Å². The van der Waals surface area contributed by atoms with E-state index in [9.17, 15) is 0 Å². The minimum absolute atomic E-state index is 0.759. The van der Waals surface area contributed by atoms with Crippen LogP contribution in [0.1, 0.15) is 46.0 Å². The summed E-state index contributed by atoms with van der Waals surface area (Å²) >= 11 is 0. The summed E-state index contributed by atoms with van der Waals surface area (Å²) in [6.45, 7) is 5.67. The molecule has 1 N–H and O–H groups in total. The fraction of sp³-hybridized carbons (Fsp3) is 0.917. The zero-order valence-electron chi connectivity index (χ0n) is 9.42. The Kier molecular flexibility index (Phi) is 3.09. The second-order valence-corrected chi connectivity index (χ2v) is 5.16. The van der Waals surface area contributed by atoms with Gasteiger partial charge in [-0.1, -0.05) is 13.8 Å². The van der Waals surface area contributed by atoms with Gasteiger partial charge in [-0.2, -0.15) is 0 Å². The third-order valence-corrected chi connectivity index (χ3v) is 3.17. The molecule has 1 heterocycles. The lowest BCUT2D eigenvalue weighted by Crippen LogP contribution is -2.29. The topological polar surface area (TPSA) is 24.4 Å². The molecule has 0 bridgehead atoms. The minimum atomic E-state index is 0.759. The minimum Gasteiger partial charge on any atom is -0.371 e. The quantitative estimate of drug-likeness (QED) is 0.733. The molecule has 2 unspecified atom stereocenters. The Labute approximate surface area is 87.2 Å². The molecule has 2 rings (SSSR count). The van der Waals surface area contributed by atoms with Crippen LogP contribution in [0.2, 0.25) is 0 Å². The Bertz CT molecular complexity index is 220. The van der Waals surface area contributed by atoms with E-state index in [2.05, 4.69) is 24.2 Å². The number of rotatable bonds is 3. The summed E-state index contributed by atoms with van der Waals surface area (Å²) in [6, 6.07) is 0.759. The van der Waals surface area contributed by atoms with Gasteiger partial charge in [-0.3, -0.25) is 4.99 Å². The molecule has 1 aliphatic heterocycles. The van der Waals surface area contributed by atoms with Crippen LogP contribution in [0.15, 0.2) is 4.99 Å². The Morgan fingerprint density at radius 2 is 2.29 bits per heavy atom. The maximum Gasteiger partial charge on any atom is 0.0965 e. The molecule has 0 saturated heterocycles. The molecule has 1 saturated carbocycles. The molecule has 0 aromatic rings. The van der Waals surface area contributed by atoms with Gasteiger partial charge in [0.15, 0.2) is 0 Å². The van der Waals surface area contributed by atoms with E-state index >= 15 is 0 Å². The summed E-state index contributed by atoms with van der Waals surface area (Å²) in [5.74, 6) is 3.06. The van der Waals surface area contributed by atoms with Crippen LogP contribution in [0, 0.1) is 11.8 Å². The number of aliphatic imine (C=N–C) groups is 1. The van der Waals surface area contributed by atoms with E-state index < -0.39 is 0 Å². The van der Waals surface area contributed by atoms with Gasteiger partial charge in [0.2, 0.25) is 0 Å². The highest BCUT2D eigenvalue weighted by molar-refractivity contribution is 5.83. The SMILES string of the molecule is CC(C)CC1CC1NC1=NCCCC1. The Hall–Kier alpha value is -0.530. The standard InChI is InChI=1S/C12H22N2/c1-9(2)7-10-8-11(10)14-12-5-3-4-6-13-12/h9-11H,3-8H2,1-2H3,(H,13,14). The highest BCUT2D eigenvalue weighted by atomic mass is 15.1. The molecule has 14 heavy (non-hydrogen) atoms. The van der Waals surface area contributed by atoms with Crippen LogP contribution >= 0.6 is 0 Å². The average Bonchev–Trinajstić information content (AvgIpc) is 2.84. The first-order valence-electron chi connectivity index (χ1n) is 6.05. The van der Waals surface area contributed by atoms with Crippen LogP contribution in [0.25, 0.3) is 0 Å². The van der Waals surface area contributed by atoms with E-state index in [4.69, 9.17) is 0 Å². The number of nitrogens with zero attached hydrogens (tertiary/aromatic N) is 1. The molecule has 2 heteroatoms. The largest absolute Gasteiger partial charge is 0.371 e. The molecule has 2 nitrogen and oxygen atoms in total. The first-order valence-corrected chi connectivity index (χ1v) is 6.05. The number of amidine groups is 1. The predicted molar refractivity (Wildman–Crippen MR) is 60.6 cm³/mol. The van der Waals surface area contributed by atoms with Gasteiger partial charge in [-0.05, 0) is 37.5 Å². The zero-order valence-corrected chi connectivity index (χ0v) is 9.42. The third kappa shape index (κ3) is 2.73. The summed E-state index contributed by atoms with van der Waals surface area (Å²) in [5, 5.41) is 3.60. The van der Waals surface area contributed by atoms with Crippen LogP contribution in [-0.4, -0.2) is 18.4 Å². The van der Waals surface area contributed by atoms with Gasteiger partial charge >= 0.3 is 0 Å². The van der Waals surface area contributed by atoms with Gasteiger partial charge in [0.25, 0.3) is 0 Å². The molecule has 1 fully saturated rings. The van der Waals surface area contributed by atoms with Gasteiger partial charge in [0, 0.05) is 19.0 Å². The van der Waals surface area contributed by atoms with Gasteiger partial charge in [-0.15, -0.1) is 0 Å². The van der Waals surface area contributed by atoms with Crippen molar-refractivity contribution in [2.75, 3.05) is 6.54 Å². The molecular weight excluding hydrogens is 172 g/mol.